The molecule has 0 aromatic heterocycles. The predicted octanol–water partition coefficient (Wildman–Crippen LogP) is 5.19. The second kappa shape index (κ2) is 6.83. The molecule has 1 aliphatic rings. The molecule has 1 saturated carbocycles. The molecular weight excluding hydrogens is 578 g/mol. The monoisotopic (exact) mass is 579 g/mol. The molecule has 1 N–H and O–H groups in total. The summed E-state index contributed by atoms with van der Waals surface area (Å²) in [4.78, 5) is 0. The topological polar surface area (TPSA) is 46.2 Å². The van der Waals surface area contributed by atoms with Crippen molar-refractivity contribution in [2.75, 3.05) is 0 Å². The molecule has 1 rings (SSSR count). The third kappa shape index (κ3) is 2.97. The zero-order valence-electron chi connectivity index (χ0n) is 14.3. The molecular formula is C10HF20NO2S. The Balaban J connectivity index is 3.93. The number of halogens is 20. The molecule has 1 aliphatic carbocycles. The van der Waals surface area contributed by atoms with Gasteiger partial charge in [-0.3, -0.25) is 0 Å². The number of nitrogens with one attached hydrogen (secondary N) is 1. The lowest BCUT2D eigenvalue weighted by Crippen LogP contribution is -2.86. The summed E-state index contributed by atoms with van der Waals surface area (Å²) in [5.41, 5.74) is 0. The highest BCUT2D eigenvalue weighted by Gasteiger charge is 3.04. The summed E-state index contributed by atoms with van der Waals surface area (Å²) < 4.78 is 281. The van der Waals surface area contributed by atoms with Gasteiger partial charge in [0.2, 0.25) is 0 Å². The van der Waals surface area contributed by atoms with Crippen molar-refractivity contribution in [2.24, 2.45) is 0 Å². The van der Waals surface area contributed by atoms with Crippen LogP contribution in [-0.4, -0.2) is 67.1 Å². The summed E-state index contributed by atoms with van der Waals surface area (Å²) in [6.45, 7) is 0. The van der Waals surface area contributed by atoms with Gasteiger partial charge < -0.3 is 0 Å². The van der Waals surface area contributed by atoms with Gasteiger partial charge in [-0.25, -0.2) is 12.8 Å². The van der Waals surface area contributed by atoms with Crippen LogP contribution in [0.25, 0.3) is 0 Å². The minimum absolute atomic E-state index is 1.96. The molecule has 0 aromatic carbocycles. The van der Waals surface area contributed by atoms with Crippen molar-refractivity contribution in [3.05, 3.63) is 0 Å². The Morgan fingerprint density at radius 3 is 1.00 bits per heavy atom. The zero-order valence-corrected chi connectivity index (χ0v) is 15.1. The van der Waals surface area contributed by atoms with E-state index in [-0.39, 0.29) is 0 Å². The second-order valence-corrected chi connectivity index (χ2v) is 8.07. The molecule has 0 unspecified atom stereocenters. The van der Waals surface area contributed by atoms with Crippen molar-refractivity contribution in [3.63, 3.8) is 0 Å². The average Bonchev–Trinajstić information content (AvgIpc) is 2.56. The fourth-order valence-electron chi connectivity index (χ4n) is 2.21. The SMILES string of the molecule is O=S(=O)(NC(F)(F)C(F)(F)C(F)(F)C(F)(F)F)C1(F)C(F)(F)C(F)(F)C(F)(F)C(F)(F)C1(F)F. The van der Waals surface area contributed by atoms with Crippen molar-refractivity contribution < 1.29 is 96.2 Å². The van der Waals surface area contributed by atoms with E-state index >= 15 is 0 Å². The Morgan fingerprint density at radius 1 is 0.471 bits per heavy atom. The van der Waals surface area contributed by atoms with Crippen LogP contribution in [-0.2, 0) is 10.0 Å². The zero-order chi connectivity index (χ0) is 28.2. The van der Waals surface area contributed by atoms with Crippen LogP contribution in [0.15, 0.2) is 0 Å². The first-order valence-corrected chi connectivity index (χ1v) is 8.50. The fourth-order valence-corrected chi connectivity index (χ4v) is 3.75. The van der Waals surface area contributed by atoms with Crippen LogP contribution in [0.1, 0.15) is 0 Å². The van der Waals surface area contributed by atoms with E-state index in [0.29, 0.717) is 0 Å². The normalized spacial score (nSPS) is 26.2. The van der Waals surface area contributed by atoms with Crippen molar-refractivity contribution >= 4 is 10.0 Å². The lowest BCUT2D eigenvalue weighted by molar-refractivity contribution is -0.470. The molecule has 24 heteroatoms. The van der Waals surface area contributed by atoms with Gasteiger partial charge in [0.15, 0.2) is 0 Å². The molecule has 0 saturated heterocycles. The van der Waals surface area contributed by atoms with Gasteiger partial charge in [0.1, 0.15) is 0 Å². The lowest BCUT2D eigenvalue weighted by atomic mass is 9.81. The van der Waals surface area contributed by atoms with Crippen LogP contribution in [0, 0.1) is 0 Å². The van der Waals surface area contributed by atoms with Crippen molar-refractivity contribution in [2.45, 2.75) is 58.7 Å². The molecule has 34 heavy (non-hydrogen) atoms. The van der Waals surface area contributed by atoms with Crippen molar-refractivity contribution in [1.29, 1.82) is 0 Å². The summed E-state index contributed by atoms with van der Waals surface area (Å²) in [5.74, 6) is -58.0. The molecule has 0 aromatic rings. The third-order valence-corrected chi connectivity index (χ3v) is 5.94. The van der Waals surface area contributed by atoms with Gasteiger partial charge in [-0.2, -0.15) is 83.4 Å². The first-order valence-electron chi connectivity index (χ1n) is 7.02. The maximum atomic E-state index is 14.3. The fraction of sp³-hybridized carbons (Fsp3) is 1.00. The minimum atomic E-state index is -9.18. The molecule has 204 valence electrons. The van der Waals surface area contributed by atoms with E-state index in [1.165, 1.54) is 0 Å². The summed E-state index contributed by atoms with van der Waals surface area (Å²) in [7, 11) is -9.18. The summed E-state index contributed by atoms with van der Waals surface area (Å²) >= 11 is 0. The van der Waals surface area contributed by atoms with Crippen LogP contribution in [0.5, 0.6) is 0 Å². The Morgan fingerprint density at radius 2 is 0.735 bits per heavy atom. The van der Waals surface area contributed by atoms with Gasteiger partial charge in [0, 0.05) is 0 Å². The van der Waals surface area contributed by atoms with Crippen LogP contribution in [0.2, 0.25) is 0 Å². The highest BCUT2D eigenvalue weighted by molar-refractivity contribution is 7.91. The van der Waals surface area contributed by atoms with E-state index < -0.39 is 73.4 Å². The Labute approximate surface area is 171 Å². The Bertz CT molecular complexity index is 901. The van der Waals surface area contributed by atoms with E-state index in [1.54, 1.807) is 0 Å². The predicted molar refractivity (Wildman–Crippen MR) is 61.5 cm³/mol. The maximum absolute atomic E-state index is 14.3. The molecule has 0 spiro atoms. The van der Waals surface area contributed by atoms with Gasteiger partial charge in [0.05, 0.1) is 0 Å². The van der Waals surface area contributed by atoms with Crippen LogP contribution < -0.4 is 4.72 Å². The molecule has 0 atom stereocenters. The first kappa shape index (κ1) is 30.5. The van der Waals surface area contributed by atoms with Crippen molar-refractivity contribution in [1.82, 2.24) is 4.72 Å². The van der Waals surface area contributed by atoms with Crippen LogP contribution in [0.4, 0.5) is 87.8 Å². The minimum Gasteiger partial charge on any atom is -0.210 e. The molecule has 0 bridgehead atoms. The van der Waals surface area contributed by atoms with Crippen molar-refractivity contribution in [3.8, 4) is 0 Å². The van der Waals surface area contributed by atoms with Gasteiger partial charge >= 0.3 is 58.7 Å². The second-order valence-electron chi connectivity index (χ2n) is 6.29. The third-order valence-electron chi connectivity index (χ3n) is 4.16. The summed E-state index contributed by atoms with van der Waals surface area (Å²) in [6.07, 6.45) is -7.79. The quantitative estimate of drug-likeness (QED) is 0.361. The van der Waals surface area contributed by atoms with E-state index in [0.717, 1.165) is 0 Å². The van der Waals surface area contributed by atoms with Crippen LogP contribution >= 0.6 is 0 Å². The Kier molecular flexibility index (Phi) is 6.14. The highest BCUT2D eigenvalue weighted by Crippen LogP contribution is 2.70. The van der Waals surface area contributed by atoms with E-state index in [9.17, 15) is 96.2 Å². The van der Waals surface area contributed by atoms with Gasteiger partial charge in [-0.05, 0) is 0 Å². The van der Waals surface area contributed by atoms with Gasteiger partial charge in [0.25, 0.3) is 10.0 Å². The molecule has 1 fully saturated rings. The smallest absolute Gasteiger partial charge is 0.210 e. The maximum Gasteiger partial charge on any atom is 0.460 e. The lowest BCUT2D eigenvalue weighted by Gasteiger charge is -2.51. The number of hydrogen-bond acceptors (Lipinski definition) is 2. The number of hydrogen-bond donors (Lipinski definition) is 1. The van der Waals surface area contributed by atoms with E-state index in [2.05, 4.69) is 0 Å². The standard InChI is InChI=1S/C10HF20NO2S/c11-1(12)2(13,14)4(17,18)8(25,5(19,20)3(1,15)16)34(32,33)31-10(29,30)7(23,24)6(21,22)9(26,27)28/h31H. The summed E-state index contributed by atoms with van der Waals surface area (Å²) in [5, 5.41) is -8.51. The highest BCUT2D eigenvalue weighted by atomic mass is 32.2. The molecule has 0 heterocycles. The molecule has 0 amide bonds. The first-order chi connectivity index (χ1) is 14.2. The largest absolute Gasteiger partial charge is 0.460 e. The number of sulfonamides is 1. The van der Waals surface area contributed by atoms with E-state index in [4.69, 9.17) is 0 Å². The molecule has 0 aliphatic heterocycles. The summed E-state index contributed by atoms with van der Waals surface area (Å²) in [6, 6.07) is -8.05. The molecule has 0 radical (unpaired) electrons. The number of alkyl halides is 20. The van der Waals surface area contributed by atoms with Gasteiger partial charge in [-0.15, -0.1) is 4.72 Å². The van der Waals surface area contributed by atoms with E-state index in [1.807, 2.05) is 0 Å². The average molecular weight is 579 g/mol. The Hall–Kier alpha value is -1.49. The number of rotatable bonds is 5. The van der Waals surface area contributed by atoms with Crippen LogP contribution in [0.3, 0.4) is 0 Å². The molecule has 3 nitrogen and oxygen atoms in total. The van der Waals surface area contributed by atoms with Gasteiger partial charge in [-0.1, -0.05) is 0 Å².